The maximum atomic E-state index is 13.8. The Morgan fingerprint density at radius 2 is 2.04 bits per heavy atom. The maximum absolute atomic E-state index is 13.8. The topological polar surface area (TPSA) is 57.3 Å². The van der Waals surface area contributed by atoms with Gasteiger partial charge in [0, 0.05) is 6.20 Å². The van der Waals surface area contributed by atoms with Crippen molar-refractivity contribution in [3.05, 3.63) is 70.2 Å². The van der Waals surface area contributed by atoms with E-state index in [0.29, 0.717) is 17.0 Å². The van der Waals surface area contributed by atoms with Crippen molar-refractivity contribution in [1.29, 1.82) is 0 Å². The molecule has 1 aromatic carbocycles. The van der Waals surface area contributed by atoms with Crippen LogP contribution in [0.15, 0.2) is 51.8 Å². The van der Waals surface area contributed by atoms with Gasteiger partial charge in [0.15, 0.2) is 5.75 Å². The summed E-state index contributed by atoms with van der Waals surface area (Å²) in [6.07, 6.45) is 1.64. The van der Waals surface area contributed by atoms with Gasteiger partial charge in [-0.15, -0.1) is 0 Å². The van der Waals surface area contributed by atoms with Gasteiger partial charge in [-0.3, -0.25) is 4.79 Å². The Hall–Kier alpha value is -2.89. The molecule has 2 heterocycles. The monoisotopic (exact) mass is 314 g/mol. The SMILES string of the molecule is COc1cccn(Cc2nc(-c3ccccc3F)oc2C)c1=O. The number of hydrogen-bond donors (Lipinski definition) is 0. The molecule has 2 aromatic heterocycles. The highest BCUT2D eigenvalue weighted by Crippen LogP contribution is 2.24. The third-order valence-electron chi connectivity index (χ3n) is 3.52. The van der Waals surface area contributed by atoms with Gasteiger partial charge >= 0.3 is 0 Å². The quantitative estimate of drug-likeness (QED) is 0.743. The Bertz CT molecular complexity index is 899. The van der Waals surface area contributed by atoms with Gasteiger partial charge in [-0.25, -0.2) is 9.37 Å². The molecule has 6 heteroatoms. The summed E-state index contributed by atoms with van der Waals surface area (Å²) in [5, 5.41) is 0. The lowest BCUT2D eigenvalue weighted by atomic mass is 10.2. The number of pyridine rings is 1. The Morgan fingerprint density at radius 1 is 1.26 bits per heavy atom. The predicted molar refractivity (Wildman–Crippen MR) is 83.0 cm³/mol. The van der Waals surface area contributed by atoms with Crippen LogP contribution in [0, 0.1) is 12.7 Å². The molecule has 0 saturated carbocycles. The lowest BCUT2D eigenvalue weighted by molar-refractivity contribution is 0.403. The first kappa shape index (κ1) is 15.0. The molecule has 0 saturated heterocycles. The molecule has 118 valence electrons. The fourth-order valence-electron chi connectivity index (χ4n) is 2.28. The van der Waals surface area contributed by atoms with E-state index >= 15 is 0 Å². The molecule has 0 radical (unpaired) electrons. The molecular weight excluding hydrogens is 299 g/mol. The Kier molecular flexibility index (Phi) is 3.97. The van der Waals surface area contributed by atoms with Gasteiger partial charge in [-0.05, 0) is 31.2 Å². The van der Waals surface area contributed by atoms with Gasteiger partial charge in [0.1, 0.15) is 17.3 Å². The fourth-order valence-corrected chi connectivity index (χ4v) is 2.28. The number of halogens is 1. The van der Waals surface area contributed by atoms with Gasteiger partial charge in [-0.1, -0.05) is 12.1 Å². The van der Waals surface area contributed by atoms with E-state index in [1.807, 2.05) is 0 Å². The van der Waals surface area contributed by atoms with E-state index in [-0.39, 0.29) is 23.7 Å². The van der Waals surface area contributed by atoms with Crippen molar-refractivity contribution in [3.63, 3.8) is 0 Å². The Morgan fingerprint density at radius 3 is 2.78 bits per heavy atom. The van der Waals surface area contributed by atoms with Crippen molar-refractivity contribution in [1.82, 2.24) is 9.55 Å². The molecule has 0 spiro atoms. The molecule has 0 N–H and O–H groups in total. The highest BCUT2D eigenvalue weighted by Gasteiger charge is 2.15. The van der Waals surface area contributed by atoms with E-state index < -0.39 is 5.82 Å². The molecule has 23 heavy (non-hydrogen) atoms. The molecular formula is C17H15FN2O3. The lowest BCUT2D eigenvalue weighted by Crippen LogP contribution is -2.21. The lowest BCUT2D eigenvalue weighted by Gasteiger charge is -2.05. The van der Waals surface area contributed by atoms with Crippen molar-refractivity contribution >= 4 is 0 Å². The zero-order chi connectivity index (χ0) is 16.4. The average molecular weight is 314 g/mol. The molecule has 5 nitrogen and oxygen atoms in total. The maximum Gasteiger partial charge on any atom is 0.293 e. The van der Waals surface area contributed by atoms with Crippen molar-refractivity contribution in [2.45, 2.75) is 13.5 Å². The Balaban J connectivity index is 1.97. The third kappa shape index (κ3) is 2.88. The van der Waals surface area contributed by atoms with Crippen LogP contribution in [-0.2, 0) is 6.54 Å². The van der Waals surface area contributed by atoms with Crippen LogP contribution in [0.2, 0.25) is 0 Å². The Labute approximate surface area is 132 Å². The highest BCUT2D eigenvalue weighted by molar-refractivity contribution is 5.54. The molecule has 0 unspecified atom stereocenters. The van der Waals surface area contributed by atoms with Crippen LogP contribution in [-0.4, -0.2) is 16.7 Å². The van der Waals surface area contributed by atoms with Crippen LogP contribution < -0.4 is 10.3 Å². The standard InChI is InChI=1S/C17H15FN2O3/c1-11-14(10-20-9-5-8-15(22-2)17(20)21)19-16(23-11)12-6-3-4-7-13(12)18/h3-9H,10H2,1-2H3. The van der Waals surface area contributed by atoms with E-state index in [9.17, 15) is 9.18 Å². The van der Waals surface area contributed by atoms with Crippen LogP contribution in [0.4, 0.5) is 4.39 Å². The van der Waals surface area contributed by atoms with E-state index in [1.54, 1.807) is 43.5 Å². The summed E-state index contributed by atoms with van der Waals surface area (Å²) in [7, 11) is 1.44. The average Bonchev–Trinajstić information content (AvgIpc) is 2.90. The summed E-state index contributed by atoms with van der Waals surface area (Å²) in [4.78, 5) is 16.5. The zero-order valence-electron chi connectivity index (χ0n) is 12.7. The van der Waals surface area contributed by atoms with E-state index in [1.165, 1.54) is 17.7 Å². The van der Waals surface area contributed by atoms with Crippen LogP contribution in [0.5, 0.6) is 5.75 Å². The molecule has 0 aliphatic heterocycles. The summed E-state index contributed by atoms with van der Waals surface area (Å²) in [6.45, 7) is 1.96. The number of nitrogens with zero attached hydrogens (tertiary/aromatic N) is 2. The summed E-state index contributed by atoms with van der Waals surface area (Å²) >= 11 is 0. The van der Waals surface area contributed by atoms with Crippen LogP contribution >= 0.6 is 0 Å². The second-order valence-corrected chi connectivity index (χ2v) is 5.01. The summed E-state index contributed by atoms with van der Waals surface area (Å²) in [5.41, 5.74) is 0.600. The van der Waals surface area contributed by atoms with Crippen LogP contribution in [0.3, 0.4) is 0 Å². The number of methoxy groups -OCH3 is 1. The molecule has 3 aromatic rings. The molecule has 0 aliphatic carbocycles. The number of aryl methyl sites for hydroxylation is 1. The molecule has 0 fully saturated rings. The first-order valence-electron chi connectivity index (χ1n) is 7.05. The summed E-state index contributed by atoms with van der Waals surface area (Å²) in [6, 6.07) is 9.57. The summed E-state index contributed by atoms with van der Waals surface area (Å²) < 4.78 is 25.9. The zero-order valence-corrected chi connectivity index (χ0v) is 12.7. The number of rotatable bonds is 4. The minimum atomic E-state index is -0.404. The van der Waals surface area contributed by atoms with Crippen molar-refractivity contribution in [2.24, 2.45) is 0 Å². The van der Waals surface area contributed by atoms with Crippen LogP contribution in [0.25, 0.3) is 11.5 Å². The van der Waals surface area contributed by atoms with Gasteiger partial charge in [-0.2, -0.15) is 0 Å². The molecule has 0 bridgehead atoms. The molecule has 0 atom stereocenters. The largest absolute Gasteiger partial charge is 0.491 e. The van der Waals surface area contributed by atoms with Gasteiger partial charge in [0.25, 0.3) is 5.56 Å². The minimum absolute atomic E-state index is 0.201. The third-order valence-corrected chi connectivity index (χ3v) is 3.52. The van der Waals surface area contributed by atoms with Gasteiger partial charge < -0.3 is 13.7 Å². The second-order valence-electron chi connectivity index (χ2n) is 5.01. The highest BCUT2D eigenvalue weighted by atomic mass is 19.1. The second kappa shape index (κ2) is 6.08. The number of oxazole rings is 1. The molecule has 0 aliphatic rings. The first-order valence-corrected chi connectivity index (χ1v) is 7.05. The van der Waals surface area contributed by atoms with E-state index in [2.05, 4.69) is 4.98 Å². The van der Waals surface area contributed by atoms with Gasteiger partial charge in [0.05, 0.1) is 19.2 Å². The van der Waals surface area contributed by atoms with E-state index in [0.717, 1.165) is 0 Å². The van der Waals surface area contributed by atoms with Crippen molar-refractivity contribution in [3.8, 4) is 17.2 Å². The molecule has 0 amide bonds. The van der Waals surface area contributed by atoms with Crippen LogP contribution in [0.1, 0.15) is 11.5 Å². The molecule has 3 rings (SSSR count). The number of hydrogen-bond acceptors (Lipinski definition) is 4. The minimum Gasteiger partial charge on any atom is -0.491 e. The van der Waals surface area contributed by atoms with E-state index in [4.69, 9.17) is 9.15 Å². The number of ether oxygens (including phenoxy) is 1. The fraction of sp³-hybridized carbons (Fsp3) is 0.176. The number of aromatic nitrogens is 2. The smallest absolute Gasteiger partial charge is 0.293 e. The first-order chi connectivity index (χ1) is 11.1. The summed E-state index contributed by atoms with van der Waals surface area (Å²) in [5.74, 6) is 0.589. The van der Waals surface area contributed by atoms with Crippen molar-refractivity contribution < 1.29 is 13.5 Å². The van der Waals surface area contributed by atoms with Gasteiger partial charge in [0.2, 0.25) is 5.89 Å². The van der Waals surface area contributed by atoms with Crippen molar-refractivity contribution in [2.75, 3.05) is 7.11 Å². The number of benzene rings is 1. The normalized spacial score (nSPS) is 10.7. The predicted octanol–water partition coefficient (Wildman–Crippen LogP) is 3.01.